The normalized spacial score (nSPS) is 14.3. The van der Waals surface area contributed by atoms with E-state index in [0.717, 1.165) is 5.56 Å². The van der Waals surface area contributed by atoms with Crippen LogP contribution in [0.3, 0.4) is 0 Å². The number of methoxy groups -OCH3 is 1. The van der Waals surface area contributed by atoms with Gasteiger partial charge in [0.1, 0.15) is 0 Å². The van der Waals surface area contributed by atoms with E-state index in [2.05, 4.69) is 10.5 Å². The monoisotopic (exact) mass is 208 g/mol. The van der Waals surface area contributed by atoms with Crippen LogP contribution in [0.15, 0.2) is 30.3 Å². The van der Waals surface area contributed by atoms with Gasteiger partial charge < -0.3 is 10.5 Å². The minimum absolute atomic E-state index is 0.138. The third kappa shape index (κ3) is 3.36. The molecule has 0 amide bonds. The molecule has 0 aromatic heterocycles. The van der Waals surface area contributed by atoms with Gasteiger partial charge in [-0.1, -0.05) is 30.3 Å². The van der Waals surface area contributed by atoms with Crippen LogP contribution in [-0.4, -0.2) is 19.1 Å². The Morgan fingerprint density at radius 1 is 1.40 bits per heavy atom. The second-order valence-electron chi connectivity index (χ2n) is 3.77. The number of esters is 1. The van der Waals surface area contributed by atoms with Crippen LogP contribution in [0, 0.1) is 0 Å². The highest BCUT2D eigenvalue weighted by atomic mass is 16.5. The quantitative estimate of drug-likeness (QED) is 0.749. The van der Waals surface area contributed by atoms with Crippen LogP contribution >= 0.6 is 0 Å². The van der Waals surface area contributed by atoms with E-state index in [0.29, 0.717) is 6.42 Å². The Bertz CT molecular complexity index is 309. The molecule has 1 aromatic rings. The highest BCUT2D eigenvalue weighted by Gasteiger charge is 2.22. The molecule has 0 fully saturated rings. The Balaban J connectivity index is 2.79. The molecular weight excluding hydrogens is 190 g/mol. The summed E-state index contributed by atoms with van der Waals surface area (Å²) in [5.41, 5.74) is 5.14. The van der Waals surface area contributed by atoms with Crippen molar-refractivity contribution < 1.29 is 15.3 Å². The smallest absolute Gasteiger partial charge is 0.306 e. The fourth-order valence-corrected chi connectivity index (χ4v) is 1.61. The number of benzene rings is 1. The number of carbonyl (C=O) groups excluding carboxylic acids is 1. The molecule has 0 saturated heterocycles. The summed E-state index contributed by atoms with van der Waals surface area (Å²) in [7, 11) is 1.41. The van der Waals surface area contributed by atoms with Gasteiger partial charge in [-0.15, -0.1) is 0 Å². The van der Waals surface area contributed by atoms with Gasteiger partial charge in [-0.25, -0.2) is 0 Å². The molecule has 0 aliphatic rings. The highest BCUT2D eigenvalue weighted by Crippen LogP contribution is 2.21. The number of carbonyl (C=O) groups is 1. The van der Waals surface area contributed by atoms with Crippen molar-refractivity contribution in [1.29, 1.82) is 0 Å². The number of ether oxygens (including phenoxy) is 1. The van der Waals surface area contributed by atoms with E-state index in [4.69, 9.17) is 0 Å². The van der Waals surface area contributed by atoms with Gasteiger partial charge in [0.05, 0.1) is 19.6 Å². The fraction of sp³-hybridized carbons (Fsp3) is 0.417. The first-order valence-corrected chi connectivity index (χ1v) is 5.10. The number of quaternary nitrogens is 1. The second-order valence-corrected chi connectivity index (χ2v) is 3.77. The Morgan fingerprint density at radius 2 is 2.00 bits per heavy atom. The Labute approximate surface area is 90.2 Å². The van der Waals surface area contributed by atoms with Gasteiger partial charge in [0.2, 0.25) is 0 Å². The van der Waals surface area contributed by atoms with Crippen molar-refractivity contribution in [3.05, 3.63) is 35.9 Å². The van der Waals surface area contributed by atoms with E-state index < -0.39 is 0 Å². The zero-order valence-corrected chi connectivity index (χ0v) is 9.27. The third-order valence-electron chi connectivity index (χ3n) is 2.53. The van der Waals surface area contributed by atoms with E-state index in [1.807, 2.05) is 37.3 Å². The minimum atomic E-state index is -0.181. The first kappa shape index (κ1) is 11.7. The summed E-state index contributed by atoms with van der Waals surface area (Å²) in [5, 5.41) is 0. The third-order valence-corrected chi connectivity index (χ3v) is 2.53. The predicted octanol–water partition coefficient (Wildman–Crippen LogP) is 0.964. The molecule has 0 saturated carbocycles. The average molecular weight is 208 g/mol. The molecule has 15 heavy (non-hydrogen) atoms. The SMILES string of the molecule is COC(=O)C[C@H](c1ccccc1)[C@H](C)[NH3+]. The van der Waals surface area contributed by atoms with Crippen LogP contribution in [0.25, 0.3) is 0 Å². The zero-order valence-electron chi connectivity index (χ0n) is 9.27. The molecule has 2 atom stereocenters. The van der Waals surface area contributed by atoms with Crippen molar-refractivity contribution in [1.82, 2.24) is 0 Å². The molecule has 1 rings (SSSR count). The number of rotatable bonds is 4. The lowest BCUT2D eigenvalue weighted by Gasteiger charge is -2.17. The molecule has 0 radical (unpaired) electrons. The lowest BCUT2D eigenvalue weighted by atomic mass is 9.90. The van der Waals surface area contributed by atoms with E-state index in [-0.39, 0.29) is 17.9 Å². The average Bonchev–Trinajstić information content (AvgIpc) is 2.26. The second kappa shape index (κ2) is 5.51. The van der Waals surface area contributed by atoms with E-state index >= 15 is 0 Å². The van der Waals surface area contributed by atoms with Crippen molar-refractivity contribution in [3.8, 4) is 0 Å². The summed E-state index contributed by atoms with van der Waals surface area (Å²) in [6, 6.07) is 10.1. The molecular formula is C12H18NO2+. The zero-order chi connectivity index (χ0) is 11.3. The van der Waals surface area contributed by atoms with Crippen LogP contribution in [0.5, 0.6) is 0 Å². The molecule has 0 aliphatic heterocycles. The lowest BCUT2D eigenvalue weighted by molar-refractivity contribution is -0.419. The molecule has 0 bridgehead atoms. The van der Waals surface area contributed by atoms with Gasteiger partial charge in [0.25, 0.3) is 0 Å². The summed E-state index contributed by atoms with van der Waals surface area (Å²) in [4.78, 5) is 11.2. The Hall–Kier alpha value is -1.35. The maximum atomic E-state index is 11.2. The van der Waals surface area contributed by atoms with Crippen molar-refractivity contribution in [2.75, 3.05) is 7.11 Å². The first-order valence-electron chi connectivity index (χ1n) is 5.10. The van der Waals surface area contributed by atoms with Crippen molar-refractivity contribution >= 4 is 5.97 Å². The predicted molar refractivity (Wildman–Crippen MR) is 58.2 cm³/mol. The standard InChI is InChI=1S/C12H17NO2/c1-9(13)11(8-12(14)15-2)10-6-4-3-5-7-10/h3-7,9,11H,8,13H2,1-2H3/p+1/t9-,11-/m0/s1. The fourth-order valence-electron chi connectivity index (χ4n) is 1.61. The summed E-state index contributed by atoms with van der Waals surface area (Å²) in [6.07, 6.45) is 0.394. The molecule has 1 aromatic carbocycles. The van der Waals surface area contributed by atoms with Crippen molar-refractivity contribution in [3.63, 3.8) is 0 Å². The molecule has 0 heterocycles. The molecule has 3 heteroatoms. The highest BCUT2D eigenvalue weighted by molar-refractivity contribution is 5.70. The van der Waals surface area contributed by atoms with E-state index in [9.17, 15) is 4.79 Å². The first-order chi connectivity index (χ1) is 7.15. The van der Waals surface area contributed by atoms with Gasteiger partial charge in [0.15, 0.2) is 0 Å². The lowest BCUT2D eigenvalue weighted by Crippen LogP contribution is -2.62. The van der Waals surface area contributed by atoms with Crippen LogP contribution in [0.1, 0.15) is 24.8 Å². The number of hydrogen-bond donors (Lipinski definition) is 1. The summed E-state index contributed by atoms with van der Waals surface area (Å²) in [5.74, 6) is -0.0435. The Morgan fingerprint density at radius 3 is 2.47 bits per heavy atom. The van der Waals surface area contributed by atoms with Gasteiger partial charge in [-0.05, 0) is 12.5 Å². The largest absolute Gasteiger partial charge is 0.469 e. The maximum absolute atomic E-state index is 11.2. The maximum Gasteiger partial charge on any atom is 0.306 e. The summed E-state index contributed by atoms with van der Waals surface area (Å²) < 4.78 is 4.69. The van der Waals surface area contributed by atoms with Crippen molar-refractivity contribution in [2.45, 2.75) is 25.3 Å². The van der Waals surface area contributed by atoms with Crippen LogP contribution in [0.2, 0.25) is 0 Å². The molecule has 0 spiro atoms. The topological polar surface area (TPSA) is 53.9 Å². The van der Waals surface area contributed by atoms with Gasteiger partial charge in [-0.2, -0.15) is 0 Å². The van der Waals surface area contributed by atoms with Gasteiger partial charge >= 0.3 is 5.97 Å². The van der Waals surface area contributed by atoms with Gasteiger partial charge in [0, 0.05) is 5.92 Å². The number of hydrogen-bond acceptors (Lipinski definition) is 2. The minimum Gasteiger partial charge on any atom is -0.469 e. The molecule has 0 aliphatic carbocycles. The molecule has 3 N–H and O–H groups in total. The van der Waals surface area contributed by atoms with E-state index in [1.165, 1.54) is 7.11 Å². The Kier molecular flexibility index (Phi) is 4.31. The summed E-state index contributed by atoms with van der Waals surface area (Å²) in [6.45, 7) is 2.01. The summed E-state index contributed by atoms with van der Waals surface area (Å²) >= 11 is 0. The van der Waals surface area contributed by atoms with Crippen molar-refractivity contribution in [2.24, 2.45) is 0 Å². The van der Waals surface area contributed by atoms with E-state index in [1.54, 1.807) is 0 Å². The van der Waals surface area contributed by atoms with Crippen LogP contribution in [-0.2, 0) is 9.53 Å². The molecule has 0 unspecified atom stereocenters. The molecule has 3 nitrogen and oxygen atoms in total. The van der Waals surface area contributed by atoms with Crippen LogP contribution < -0.4 is 5.73 Å². The van der Waals surface area contributed by atoms with Crippen LogP contribution in [0.4, 0.5) is 0 Å². The van der Waals surface area contributed by atoms with Gasteiger partial charge in [-0.3, -0.25) is 4.79 Å². The molecule has 82 valence electrons.